The molecule has 1 heterocycles. The predicted octanol–water partition coefficient (Wildman–Crippen LogP) is 8.54. The van der Waals surface area contributed by atoms with Crippen LogP contribution in [-0.2, 0) is 11.2 Å². The first-order valence-electron chi connectivity index (χ1n) is 15.3. The van der Waals surface area contributed by atoms with E-state index >= 15 is 0 Å². The van der Waals surface area contributed by atoms with Crippen molar-refractivity contribution < 1.29 is 23.0 Å². The summed E-state index contributed by atoms with van der Waals surface area (Å²) in [7, 11) is 2.02. The predicted molar refractivity (Wildman–Crippen MR) is 180 cm³/mol. The van der Waals surface area contributed by atoms with E-state index in [2.05, 4.69) is 9.89 Å². The minimum absolute atomic E-state index is 0.103. The molecule has 0 unspecified atom stereocenters. The van der Waals surface area contributed by atoms with Crippen LogP contribution in [0.3, 0.4) is 0 Å². The van der Waals surface area contributed by atoms with Crippen LogP contribution >= 0.6 is 23.2 Å². The van der Waals surface area contributed by atoms with E-state index in [-0.39, 0.29) is 5.92 Å². The Kier molecular flexibility index (Phi) is 11.4. The van der Waals surface area contributed by atoms with Crippen LogP contribution < -0.4 is 9.47 Å². The maximum Gasteiger partial charge on any atom is 0.312 e. The Morgan fingerprint density at radius 3 is 1.98 bits per heavy atom. The molecule has 46 heavy (non-hydrogen) atoms. The molecule has 0 spiro atoms. The Labute approximate surface area is 278 Å². The molecular weight excluding hydrogens is 629 g/mol. The van der Waals surface area contributed by atoms with Gasteiger partial charge >= 0.3 is 5.92 Å². The number of ether oxygens (including phenoxy) is 2. The highest BCUT2D eigenvalue weighted by Crippen LogP contribution is 2.28. The molecule has 0 saturated heterocycles. The highest BCUT2D eigenvalue weighted by Gasteiger charge is 2.38. The van der Waals surface area contributed by atoms with Gasteiger partial charge in [-0.05, 0) is 103 Å². The molecule has 0 fully saturated rings. The van der Waals surface area contributed by atoms with Crippen LogP contribution in [0.2, 0.25) is 10.0 Å². The number of likely N-dealkylation sites (N-methyl/N-ethyl adjacent to an activating group) is 1. The minimum Gasteiger partial charge on any atom is -0.492 e. The summed E-state index contributed by atoms with van der Waals surface area (Å²) in [6.07, 6.45) is 1.24. The average Bonchev–Trinajstić information content (AvgIpc) is 3.60. The van der Waals surface area contributed by atoms with Crippen LogP contribution in [-0.4, -0.2) is 62.2 Å². The largest absolute Gasteiger partial charge is 0.492 e. The molecule has 0 N–H and O–H groups in total. The Balaban J connectivity index is 1.08. The third-order valence-corrected chi connectivity index (χ3v) is 8.47. The smallest absolute Gasteiger partial charge is 0.312 e. The van der Waals surface area contributed by atoms with Gasteiger partial charge in [0, 0.05) is 47.7 Å². The summed E-state index contributed by atoms with van der Waals surface area (Å²) in [5, 5.41) is 1.37. The number of carbonyl (C=O) groups is 1. The van der Waals surface area contributed by atoms with E-state index in [0.29, 0.717) is 40.3 Å². The van der Waals surface area contributed by atoms with E-state index in [1.54, 1.807) is 36.4 Å². The van der Waals surface area contributed by atoms with Crippen molar-refractivity contribution in [3.8, 4) is 11.5 Å². The highest BCUT2D eigenvalue weighted by molar-refractivity contribution is 6.30. The van der Waals surface area contributed by atoms with Crippen molar-refractivity contribution in [3.05, 3.63) is 129 Å². The van der Waals surface area contributed by atoms with Crippen LogP contribution in [0.15, 0.2) is 102 Å². The lowest BCUT2D eigenvalue weighted by molar-refractivity contribution is -0.145. The molecule has 0 saturated carbocycles. The van der Waals surface area contributed by atoms with Crippen molar-refractivity contribution in [1.82, 2.24) is 4.90 Å². The Hall–Kier alpha value is -3.78. The standard InChI is InChI=1S/C37H36Cl2F2N2O3/c1-43(24-34(27-6-12-30(38)13-7-27)28-8-14-31(39)15-9-28)21-22-45-32-16-4-26(5-17-32)23-37(40,41)36(44)25-46-33-18-10-29(11-19-33)35-3-2-20-42-35/h4-19,34H,2-3,20-25H2,1H3. The molecule has 1 aliphatic rings. The molecule has 9 heteroatoms. The van der Waals surface area contributed by atoms with Crippen molar-refractivity contribution in [3.63, 3.8) is 0 Å². The van der Waals surface area contributed by atoms with Crippen molar-refractivity contribution >= 4 is 34.7 Å². The van der Waals surface area contributed by atoms with E-state index in [4.69, 9.17) is 32.7 Å². The lowest BCUT2D eigenvalue weighted by atomic mass is 9.91. The Bertz CT molecular complexity index is 1570. The highest BCUT2D eigenvalue weighted by atomic mass is 35.5. The van der Waals surface area contributed by atoms with Gasteiger partial charge in [-0.25, -0.2) is 0 Å². The molecule has 1 aliphatic heterocycles. The fraction of sp³-hybridized carbons (Fsp3) is 0.297. The maximum atomic E-state index is 14.8. The molecule has 0 aliphatic carbocycles. The number of nitrogens with zero attached hydrogens (tertiary/aromatic N) is 2. The van der Waals surface area contributed by atoms with Crippen molar-refractivity contribution in [1.29, 1.82) is 0 Å². The van der Waals surface area contributed by atoms with E-state index < -0.39 is 24.7 Å². The van der Waals surface area contributed by atoms with Gasteiger partial charge in [-0.2, -0.15) is 8.78 Å². The minimum atomic E-state index is -3.56. The molecule has 4 aromatic rings. The van der Waals surface area contributed by atoms with Gasteiger partial charge in [0.25, 0.3) is 0 Å². The maximum absolute atomic E-state index is 14.8. The summed E-state index contributed by atoms with van der Waals surface area (Å²) < 4.78 is 40.8. The monoisotopic (exact) mass is 664 g/mol. The molecule has 0 atom stereocenters. The topological polar surface area (TPSA) is 51.1 Å². The van der Waals surface area contributed by atoms with E-state index in [1.165, 1.54) is 0 Å². The lowest BCUT2D eigenvalue weighted by Gasteiger charge is -2.25. The number of ketones is 1. The first-order valence-corrected chi connectivity index (χ1v) is 16.0. The van der Waals surface area contributed by atoms with Gasteiger partial charge in [0.1, 0.15) is 18.1 Å². The van der Waals surface area contributed by atoms with Crippen LogP contribution in [0.25, 0.3) is 0 Å². The number of alkyl halides is 2. The summed E-state index contributed by atoms with van der Waals surface area (Å²) in [6.45, 7) is 1.90. The molecule has 4 aromatic carbocycles. The number of carbonyl (C=O) groups excluding carboxylic acids is 1. The average molecular weight is 666 g/mol. The van der Waals surface area contributed by atoms with E-state index in [9.17, 15) is 13.6 Å². The second-order valence-electron chi connectivity index (χ2n) is 11.5. The molecule has 5 nitrogen and oxygen atoms in total. The van der Waals surface area contributed by atoms with Crippen molar-refractivity contribution in [2.24, 2.45) is 4.99 Å². The first kappa shape index (κ1) is 33.6. The molecular formula is C37H36Cl2F2N2O3. The quantitative estimate of drug-likeness (QED) is 0.128. The van der Waals surface area contributed by atoms with E-state index in [1.807, 2.05) is 67.7 Å². The van der Waals surface area contributed by atoms with Gasteiger partial charge in [-0.15, -0.1) is 0 Å². The fourth-order valence-electron chi connectivity index (χ4n) is 5.35. The van der Waals surface area contributed by atoms with Crippen LogP contribution in [0.1, 0.15) is 41.0 Å². The third kappa shape index (κ3) is 9.38. The number of Topliss-reactive ketones (excluding diaryl/α,β-unsaturated/α-hetero) is 1. The summed E-state index contributed by atoms with van der Waals surface area (Å²) in [4.78, 5) is 19.0. The second kappa shape index (κ2) is 15.7. The Morgan fingerprint density at radius 1 is 0.848 bits per heavy atom. The van der Waals surface area contributed by atoms with Gasteiger partial charge in [-0.3, -0.25) is 9.79 Å². The third-order valence-electron chi connectivity index (χ3n) is 7.97. The van der Waals surface area contributed by atoms with Crippen LogP contribution in [0.4, 0.5) is 8.78 Å². The van der Waals surface area contributed by atoms with Crippen molar-refractivity contribution in [2.75, 3.05) is 39.9 Å². The van der Waals surface area contributed by atoms with Gasteiger partial charge in [0.2, 0.25) is 5.78 Å². The molecule has 240 valence electrons. The molecule has 0 aromatic heterocycles. The Morgan fingerprint density at radius 2 is 1.41 bits per heavy atom. The zero-order valence-corrected chi connectivity index (χ0v) is 27.1. The lowest BCUT2D eigenvalue weighted by Crippen LogP contribution is -2.35. The fourth-order valence-corrected chi connectivity index (χ4v) is 5.60. The number of aliphatic imine (C=N–C) groups is 1. The summed E-state index contributed by atoms with van der Waals surface area (Å²) >= 11 is 12.2. The second-order valence-corrected chi connectivity index (χ2v) is 12.3. The van der Waals surface area contributed by atoms with Gasteiger partial charge in [-0.1, -0.05) is 59.6 Å². The molecule has 0 amide bonds. The molecule has 0 bridgehead atoms. The summed E-state index contributed by atoms with van der Waals surface area (Å²) in [6, 6.07) is 29.1. The molecule has 5 rings (SSSR count). The van der Waals surface area contributed by atoms with Gasteiger partial charge in [0.15, 0.2) is 6.61 Å². The number of benzene rings is 4. The van der Waals surface area contributed by atoms with Gasteiger partial charge < -0.3 is 14.4 Å². The molecule has 0 radical (unpaired) electrons. The van der Waals surface area contributed by atoms with Crippen LogP contribution in [0.5, 0.6) is 11.5 Å². The number of hydrogen-bond donors (Lipinski definition) is 0. The van der Waals surface area contributed by atoms with Crippen molar-refractivity contribution in [2.45, 2.75) is 31.1 Å². The van der Waals surface area contributed by atoms with E-state index in [0.717, 1.165) is 48.3 Å². The summed E-state index contributed by atoms with van der Waals surface area (Å²) in [5.41, 5.74) is 4.63. The van der Waals surface area contributed by atoms with Crippen LogP contribution in [0, 0.1) is 0 Å². The SMILES string of the molecule is CN(CCOc1ccc(CC(F)(F)C(=O)COc2ccc(C3=NCCC3)cc2)cc1)CC(c1ccc(Cl)cc1)c1ccc(Cl)cc1. The number of hydrogen-bond acceptors (Lipinski definition) is 5. The van der Waals surface area contributed by atoms with Gasteiger partial charge in [0.05, 0.1) is 0 Å². The normalized spacial score (nSPS) is 13.2. The number of rotatable bonds is 15. The zero-order valence-electron chi connectivity index (χ0n) is 25.6. The summed E-state index contributed by atoms with van der Waals surface area (Å²) in [5.74, 6) is -3.80. The number of halogens is 4. The first-order chi connectivity index (χ1) is 22.2. The zero-order chi connectivity index (χ0) is 32.5.